The molecule has 6 amide bonds. The van der Waals surface area contributed by atoms with Crippen LogP contribution >= 0.6 is 0 Å². The molecule has 2 atom stereocenters. The Morgan fingerprint density at radius 3 is 0.750 bits per heavy atom. The van der Waals surface area contributed by atoms with Gasteiger partial charge in [-0.25, -0.2) is 0 Å². The third-order valence-electron chi connectivity index (χ3n) is 20.6. The summed E-state index contributed by atoms with van der Waals surface area (Å²) in [6, 6.07) is 51.1. The number of rotatable bonds is 24. The van der Waals surface area contributed by atoms with Crippen LogP contribution in [-0.2, 0) is 44.1 Å². The minimum atomic E-state index is -1.56. The lowest BCUT2D eigenvalue weighted by atomic mass is 9.80. The lowest BCUT2D eigenvalue weighted by Crippen LogP contribution is -2.56. The van der Waals surface area contributed by atoms with Crippen LogP contribution in [0.3, 0.4) is 0 Å². The van der Waals surface area contributed by atoms with Crippen molar-refractivity contribution in [3.8, 4) is 46.0 Å². The summed E-state index contributed by atoms with van der Waals surface area (Å²) in [6.45, 7) is 22.2. The van der Waals surface area contributed by atoms with E-state index in [9.17, 15) is 20.4 Å². The summed E-state index contributed by atoms with van der Waals surface area (Å²) in [5.41, 5.74) is 3.71. The van der Waals surface area contributed by atoms with Gasteiger partial charge in [0, 0.05) is 82.1 Å². The zero-order valence-corrected chi connectivity index (χ0v) is 63.2. The zero-order chi connectivity index (χ0) is 77.1. The van der Waals surface area contributed by atoms with Crippen molar-refractivity contribution in [1.82, 2.24) is 19.6 Å². The third-order valence-corrected chi connectivity index (χ3v) is 20.6. The van der Waals surface area contributed by atoms with Gasteiger partial charge in [-0.3, -0.25) is 38.6 Å². The monoisotopic (exact) mass is 1450 g/mol. The van der Waals surface area contributed by atoms with Crippen molar-refractivity contribution < 1.29 is 68.1 Å². The van der Waals surface area contributed by atoms with Gasteiger partial charge >= 0.3 is 0 Å². The summed E-state index contributed by atoms with van der Waals surface area (Å²) in [5.74, 6) is -3.51. The lowest BCUT2D eigenvalue weighted by molar-refractivity contribution is -0.137. The highest BCUT2D eigenvalue weighted by Crippen LogP contribution is 2.58. The first kappa shape index (κ1) is 75.2. The van der Waals surface area contributed by atoms with E-state index in [1.165, 1.54) is 9.80 Å². The van der Waals surface area contributed by atoms with Gasteiger partial charge in [0.15, 0.2) is 0 Å². The van der Waals surface area contributed by atoms with E-state index < -0.39 is 74.0 Å². The number of nitrogens with zero attached hydrogens (tertiary/aromatic N) is 4. The maximum Gasteiger partial charge on any atom is 0.262 e. The molecule has 2 aliphatic heterocycles. The number of aliphatic hydroxyl groups is 4. The van der Waals surface area contributed by atoms with Crippen molar-refractivity contribution in [2.24, 2.45) is 0 Å². The van der Waals surface area contributed by atoms with Crippen molar-refractivity contribution >= 4 is 78.5 Å². The number of carbonyl (C=O) groups is 6. The number of hydrogen-bond acceptors (Lipinski definition) is 14. The van der Waals surface area contributed by atoms with Gasteiger partial charge in [-0.2, -0.15) is 0 Å². The van der Waals surface area contributed by atoms with Gasteiger partial charge in [-0.05, 0) is 128 Å². The third kappa shape index (κ3) is 14.4. The molecule has 0 saturated heterocycles. The number of fused-ring (bicyclic) bond motifs is 2. The van der Waals surface area contributed by atoms with E-state index in [1.807, 2.05) is 109 Å². The summed E-state index contributed by atoms with van der Waals surface area (Å²) in [4.78, 5) is 102. The predicted molar refractivity (Wildman–Crippen MR) is 419 cm³/mol. The van der Waals surface area contributed by atoms with E-state index in [0.29, 0.717) is 34.1 Å². The molecule has 2 aliphatic rings. The lowest BCUT2D eigenvalue weighted by Gasteiger charge is -2.37. The quantitative estimate of drug-likeness (QED) is 0.0250. The van der Waals surface area contributed by atoms with E-state index >= 15 is 28.8 Å². The van der Waals surface area contributed by atoms with Gasteiger partial charge in [0.2, 0.25) is 11.8 Å². The van der Waals surface area contributed by atoms with Gasteiger partial charge in [0.25, 0.3) is 23.6 Å². The van der Waals surface area contributed by atoms with Crippen LogP contribution in [0.4, 0.5) is 0 Å². The molecule has 11 aromatic carbocycles. The number of ether oxygens (including phenoxy) is 4. The maximum atomic E-state index is 16.7. The van der Waals surface area contributed by atoms with Crippen LogP contribution in [0, 0.1) is 0 Å². The summed E-state index contributed by atoms with van der Waals surface area (Å²) in [5, 5.41) is 43.4. The first-order valence-electron chi connectivity index (χ1n) is 36.8. The van der Waals surface area contributed by atoms with Crippen LogP contribution in [0.2, 0.25) is 0 Å². The molecule has 0 aromatic heterocycles. The average Bonchev–Trinajstić information content (AvgIpc) is 0.670. The highest BCUT2D eigenvalue weighted by molar-refractivity contribution is 6.45. The summed E-state index contributed by atoms with van der Waals surface area (Å²) < 4.78 is 29.5. The van der Waals surface area contributed by atoms with Crippen molar-refractivity contribution in [2.75, 3.05) is 52.6 Å². The van der Waals surface area contributed by atoms with Gasteiger partial charge in [-0.1, -0.05) is 192 Å². The largest absolute Gasteiger partial charge is 0.457 e. The highest BCUT2D eigenvalue weighted by atomic mass is 16.5. The number of amides is 6. The number of aliphatic hydroxyl groups excluding tert-OH is 4. The summed E-state index contributed by atoms with van der Waals surface area (Å²) >= 11 is 0. The van der Waals surface area contributed by atoms with Crippen LogP contribution in [0.5, 0.6) is 46.0 Å². The SMILES string of the molecule is CC(C)(C)c1ccc(Oc2cc3c4c(cc(Oc5ccc(C(C)(C)C)cc5)c5c6c(Oc7ccc(C(C)(C)C)cc7)cc7c8c(cc(Oc9ccc(C(C)(C)C)cc9)c(c2c45)c86)C(=O)N(C(Cc2ccccc2)C(=O)N(CCO)CCO)C7=O)C(=O)N(C(Cc2ccccc2)C(=O)N(CCO)CCO)C3=O)cc1. The molecular weight excluding hydrogens is 1360 g/mol. The second-order valence-corrected chi connectivity index (χ2v) is 32.1. The molecule has 0 saturated carbocycles. The normalized spacial score (nSPS) is 14.0. The number of carbonyl (C=O) groups excluding carboxylic acids is 6. The Labute approximate surface area is 629 Å². The topological polar surface area (TPSA) is 233 Å². The number of benzene rings is 11. The molecule has 11 aromatic rings. The van der Waals surface area contributed by atoms with Crippen molar-refractivity contribution in [3.63, 3.8) is 0 Å². The van der Waals surface area contributed by atoms with Crippen LogP contribution in [0.25, 0.3) is 43.1 Å². The number of imide groups is 2. The molecule has 0 fully saturated rings. The van der Waals surface area contributed by atoms with E-state index in [2.05, 4.69) is 83.1 Å². The molecule has 0 bridgehead atoms. The van der Waals surface area contributed by atoms with Gasteiger partial charge in [-0.15, -0.1) is 0 Å². The number of hydrogen-bond donors (Lipinski definition) is 4. The minimum Gasteiger partial charge on any atom is -0.457 e. The Hall–Kier alpha value is -11.0. The smallest absolute Gasteiger partial charge is 0.262 e. The molecule has 0 spiro atoms. The van der Waals surface area contributed by atoms with E-state index in [0.717, 1.165) is 32.1 Å². The summed E-state index contributed by atoms with van der Waals surface area (Å²) in [6.07, 6.45) is -0.332. The van der Waals surface area contributed by atoms with Crippen molar-refractivity contribution in [3.05, 3.63) is 238 Å². The Morgan fingerprint density at radius 2 is 0.546 bits per heavy atom. The predicted octanol–water partition coefficient (Wildman–Crippen LogP) is 16.1. The highest BCUT2D eigenvalue weighted by Gasteiger charge is 2.48. The van der Waals surface area contributed by atoms with Crippen molar-refractivity contribution in [2.45, 2.75) is 130 Å². The zero-order valence-electron chi connectivity index (χ0n) is 63.2. The minimum absolute atomic E-state index is 0.0339. The van der Waals surface area contributed by atoms with E-state index in [-0.39, 0.29) is 149 Å². The van der Waals surface area contributed by atoms with Crippen LogP contribution in [0.1, 0.15) is 158 Å². The first-order chi connectivity index (χ1) is 51.4. The fourth-order valence-corrected chi connectivity index (χ4v) is 14.9. The van der Waals surface area contributed by atoms with Crippen LogP contribution in [-0.4, -0.2) is 140 Å². The van der Waals surface area contributed by atoms with Crippen molar-refractivity contribution in [1.29, 1.82) is 0 Å². The fourth-order valence-electron chi connectivity index (χ4n) is 14.9. The molecule has 18 nitrogen and oxygen atoms in total. The molecule has 18 heteroatoms. The Morgan fingerprint density at radius 1 is 0.324 bits per heavy atom. The second-order valence-electron chi connectivity index (χ2n) is 32.1. The molecule has 4 N–H and O–H groups in total. The van der Waals surface area contributed by atoms with Crippen LogP contribution < -0.4 is 18.9 Å². The fraction of sp³-hybridized carbons (Fsp3) is 0.311. The Bertz CT molecular complexity index is 4680. The molecular formula is C90H92N4O14. The Balaban J connectivity index is 1.22. The van der Waals surface area contributed by atoms with E-state index in [1.54, 1.807) is 72.8 Å². The van der Waals surface area contributed by atoms with Gasteiger partial charge in [0.05, 0.1) is 48.7 Å². The molecule has 0 aliphatic carbocycles. The second kappa shape index (κ2) is 29.6. The average molecular weight is 1450 g/mol. The molecule has 108 heavy (non-hydrogen) atoms. The van der Waals surface area contributed by atoms with E-state index in [4.69, 9.17) is 18.9 Å². The molecule has 2 heterocycles. The Kier molecular flexibility index (Phi) is 20.6. The first-order valence-corrected chi connectivity index (χ1v) is 36.8. The van der Waals surface area contributed by atoms with Gasteiger partial charge < -0.3 is 49.2 Å². The molecule has 556 valence electrons. The van der Waals surface area contributed by atoms with Gasteiger partial charge in [0.1, 0.15) is 58.1 Å². The standard InChI is InChI=1S/C90H92N4O14/c1-87(2,3)55-23-31-59(32-24-55)105-69-49-63-73-64(82(100)93(81(63)99)67(47-53-19-15-13-16-20-53)85(103)91(39-43-95)40-44-96)51-71(107-61-35-27-57(28-36-61)89(7,8)9)77-78-72(108-62-37-29-58(30-38-62)90(10,11)12)52-66-74-65(50-70(76(80(74)78)75(69)79(73)77)106-60-33-25-56(26-34-60)88(4,5)6)83(101)94(84(66)102)68(48-54-21-17-14-18-22-54)86(104)92(41-45-97)42-46-98/h13-38,49-52,67-68,95-98H,39-48H2,1-12H3. The molecule has 0 radical (unpaired) electrons. The van der Waals surface area contributed by atoms with Crippen LogP contribution in [0.15, 0.2) is 182 Å². The molecule has 2 unspecified atom stereocenters. The summed E-state index contributed by atoms with van der Waals surface area (Å²) in [7, 11) is 0. The maximum absolute atomic E-state index is 16.7. The molecule has 13 rings (SSSR count).